The molecule has 1 saturated carbocycles. The molecule has 0 radical (unpaired) electrons. The molecule has 0 bridgehead atoms. The van der Waals surface area contributed by atoms with Crippen LogP contribution in [0.3, 0.4) is 0 Å². The SMILES string of the molecule is O=C(O)C1CC2COCC2C1. The van der Waals surface area contributed by atoms with E-state index in [-0.39, 0.29) is 5.92 Å². The Labute approximate surface area is 65.4 Å². The standard InChI is InChI=1S/C8H12O3/c9-8(10)5-1-6-3-11-4-7(6)2-5/h5-7H,1-4H2,(H,9,10). The summed E-state index contributed by atoms with van der Waals surface area (Å²) in [6.45, 7) is 1.57. The van der Waals surface area contributed by atoms with Crippen LogP contribution in [0.4, 0.5) is 0 Å². The summed E-state index contributed by atoms with van der Waals surface area (Å²) < 4.78 is 5.25. The summed E-state index contributed by atoms with van der Waals surface area (Å²) in [5.41, 5.74) is 0. The number of ether oxygens (including phenoxy) is 1. The summed E-state index contributed by atoms with van der Waals surface area (Å²) >= 11 is 0. The van der Waals surface area contributed by atoms with Crippen molar-refractivity contribution in [2.75, 3.05) is 13.2 Å². The van der Waals surface area contributed by atoms with Crippen molar-refractivity contribution in [2.24, 2.45) is 17.8 Å². The number of aliphatic carboxylic acids is 1. The molecule has 2 atom stereocenters. The maximum absolute atomic E-state index is 10.6. The largest absolute Gasteiger partial charge is 0.481 e. The Morgan fingerprint density at radius 1 is 1.27 bits per heavy atom. The minimum Gasteiger partial charge on any atom is -0.481 e. The predicted octanol–water partition coefficient (Wildman–Crippen LogP) is 0.744. The van der Waals surface area contributed by atoms with Crippen molar-refractivity contribution in [1.29, 1.82) is 0 Å². The highest BCUT2D eigenvalue weighted by molar-refractivity contribution is 5.70. The second kappa shape index (κ2) is 2.48. The molecule has 2 unspecified atom stereocenters. The third-order valence-electron chi connectivity index (χ3n) is 2.85. The molecule has 0 amide bonds. The van der Waals surface area contributed by atoms with Gasteiger partial charge in [-0.2, -0.15) is 0 Å². The van der Waals surface area contributed by atoms with Crippen molar-refractivity contribution >= 4 is 5.97 Å². The minimum absolute atomic E-state index is 0.0890. The van der Waals surface area contributed by atoms with E-state index in [2.05, 4.69) is 0 Å². The molecule has 3 heteroatoms. The lowest BCUT2D eigenvalue weighted by Crippen LogP contribution is -2.11. The summed E-state index contributed by atoms with van der Waals surface area (Å²) in [5.74, 6) is 0.362. The van der Waals surface area contributed by atoms with Gasteiger partial charge in [0.15, 0.2) is 0 Å². The van der Waals surface area contributed by atoms with Crippen LogP contribution >= 0.6 is 0 Å². The molecular weight excluding hydrogens is 144 g/mol. The molecule has 62 valence electrons. The first-order chi connectivity index (χ1) is 5.27. The highest BCUT2D eigenvalue weighted by atomic mass is 16.5. The number of hydrogen-bond acceptors (Lipinski definition) is 2. The topological polar surface area (TPSA) is 46.5 Å². The molecular formula is C8H12O3. The Balaban J connectivity index is 1.99. The van der Waals surface area contributed by atoms with Gasteiger partial charge in [-0.15, -0.1) is 0 Å². The zero-order valence-corrected chi connectivity index (χ0v) is 6.32. The van der Waals surface area contributed by atoms with Gasteiger partial charge in [0.25, 0.3) is 0 Å². The molecule has 1 heterocycles. The van der Waals surface area contributed by atoms with Crippen molar-refractivity contribution in [3.63, 3.8) is 0 Å². The van der Waals surface area contributed by atoms with Crippen LogP contribution in [0.1, 0.15) is 12.8 Å². The van der Waals surface area contributed by atoms with Crippen LogP contribution < -0.4 is 0 Å². The Morgan fingerprint density at radius 2 is 1.82 bits per heavy atom. The number of fused-ring (bicyclic) bond motifs is 1. The van der Waals surface area contributed by atoms with E-state index in [4.69, 9.17) is 9.84 Å². The molecule has 11 heavy (non-hydrogen) atoms. The average molecular weight is 156 g/mol. The highest BCUT2D eigenvalue weighted by Gasteiger charge is 2.40. The Morgan fingerprint density at radius 3 is 2.27 bits per heavy atom. The Hall–Kier alpha value is -0.570. The maximum Gasteiger partial charge on any atom is 0.306 e. The highest BCUT2D eigenvalue weighted by Crippen LogP contribution is 2.40. The van der Waals surface area contributed by atoms with E-state index < -0.39 is 5.97 Å². The third-order valence-corrected chi connectivity index (χ3v) is 2.85. The van der Waals surface area contributed by atoms with E-state index in [0.717, 1.165) is 26.1 Å². The lowest BCUT2D eigenvalue weighted by Gasteiger charge is -2.03. The molecule has 1 aliphatic heterocycles. The predicted molar refractivity (Wildman–Crippen MR) is 38.2 cm³/mol. The quantitative estimate of drug-likeness (QED) is 0.609. The van der Waals surface area contributed by atoms with E-state index in [0.29, 0.717) is 11.8 Å². The van der Waals surface area contributed by atoms with E-state index in [1.54, 1.807) is 0 Å². The van der Waals surface area contributed by atoms with Crippen LogP contribution in [0.2, 0.25) is 0 Å². The van der Waals surface area contributed by atoms with Crippen molar-refractivity contribution in [2.45, 2.75) is 12.8 Å². The lowest BCUT2D eigenvalue weighted by molar-refractivity contribution is -0.141. The molecule has 1 aliphatic carbocycles. The van der Waals surface area contributed by atoms with Gasteiger partial charge in [0.1, 0.15) is 0 Å². The Kier molecular flexibility index (Phi) is 1.60. The first-order valence-corrected chi connectivity index (χ1v) is 4.08. The smallest absolute Gasteiger partial charge is 0.306 e. The fraction of sp³-hybridized carbons (Fsp3) is 0.875. The van der Waals surface area contributed by atoms with Crippen molar-refractivity contribution < 1.29 is 14.6 Å². The third kappa shape index (κ3) is 1.13. The summed E-state index contributed by atoms with van der Waals surface area (Å²) in [7, 11) is 0. The monoisotopic (exact) mass is 156 g/mol. The molecule has 0 aromatic carbocycles. The molecule has 2 aliphatic rings. The number of rotatable bonds is 1. The summed E-state index contributed by atoms with van der Waals surface area (Å²) in [4.78, 5) is 10.6. The van der Waals surface area contributed by atoms with Crippen LogP contribution in [0.5, 0.6) is 0 Å². The average Bonchev–Trinajstić information content (AvgIpc) is 2.40. The molecule has 0 spiro atoms. The lowest BCUT2D eigenvalue weighted by atomic mass is 10.0. The van der Waals surface area contributed by atoms with Crippen LogP contribution in [-0.2, 0) is 9.53 Å². The van der Waals surface area contributed by atoms with Gasteiger partial charge in [0.2, 0.25) is 0 Å². The number of carbonyl (C=O) groups is 1. The number of carboxylic acid groups (broad SMARTS) is 1. The molecule has 1 saturated heterocycles. The number of hydrogen-bond donors (Lipinski definition) is 1. The van der Waals surface area contributed by atoms with E-state index in [1.807, 2.05) is 0 Å². The normalized spacial score (nSPS) is 42.4. The fourth-order valence-electron chi connectivity index (χ4n) is 2.19. The Bertz CT molecular complexity index is 166. The van der Waals surface area contributed by atoms with Gasteiger partial charge in [-0.05, 0) is 24.7 Å². The van der Waals surface area contributed by atoms with Crippen molar-refractivity contribution in [1.82, 2.24) is 0 Å². The molecule has 2 fully saturated rings. The number of carboxylic acids is 1. The first kappa shape index (κ1) is 7.10. The second-order valence-electron chi connectivity index (χ2n) is 3.56. The van der Waals surface area contributed by atoms with Gasteiger partial charge in [-0.25, -0.2) is 0 Å². The van der Waals surface area contributed by atoms with Crippen LogP contribution in [0, 0.1) is 17.8 Å². The molecule has 1 N–H and O–H groups in total. The van der Waals surface area contributed by atoms with Crippen LogP contribution in [-0.4, -0.2) is 24.3 Å². The maximum atomic E-state index is 10.6. The van der Waals surface area contributed by atoms with Crippen LogP contribution in [0.25, 0.3) is 0 Å². The molecule has 0 aromatic heterocycles. The van der Waals surface area contributed by atoms with Crippen molar-refractivity contribution in [3.8, 4) is 0 Å². The van der Waals surface area contributed by atoms with E-state index in [1.165, 1.54) is 0 Å². The van der Waals surface area contributed by atoms with Gasteiger partial charge >= 0.3 is 5.97 Å². The van der Waals surface area contributed by atoms with E-state index >= 15 is 0 Å². The van der Waals surface area contributed by atoms with E-state index in [9.17, 15) is 4.79 Å². The van der Waals surface area contributed by atoms with Gasteiger partial charge in [0.05, 0.1) is 5.92 Å². The first-order valence-electron chi connectivity index (χ1n) is 4.08. The molecule has 3 nitrogen and oxygen atoms in total. The molecule has 2 rings (SSSR count). The zero-order chi connectivity index (χ0) is 7.84. The molecule has 0 aromatic rings. The summed E-state index contributed by atoms with van der Waals surface area (Å²) in [5, 5.41) is 8.73. The van der Waals surface area contributed by atoms with Gasteiger partial charge in [-0.3, -0.25) is 4.79 Å². The summed E-state index contributed by atoms with van der Waals surface area (Å²) in [6, 6.07) is 0. The van der Waals surface area contributed by atoms with Gasteiger partial charge in [-0.1, -0.05) is 0 Å². The van der Waals surface area contributed by atoms with Crippen molar-refractivity contribution in [3.05, 3.63) is 0 Å². The van der Waals surface area contributed by atoms with Gasteiger partial charge in [0, 0.05) is 13.2 Å². The van der Waals surface area contributed by atoms with Crippen LogP contribution in [0.15, 0.2) is 0 Å². The van der Waals surface area contributed by atoms with Gasteiger partial charge < -0.3 is 9.84 Å². The fourth-order valence-corrected chi connectivity index (χ4v) is 2.19. The summed E-state index contributed by atoms with van der Waals surface area (Å²) in [6.07, 6.45) is 1.67. The second-order valence-corrected chi connectivity index (χ2v) is 3.56. The minimum atomic E-state index is -0.626. The zero-order valence-electron chi connectivity index (χ0n) is 6.32.